The summed E-state index contributed by atoms with van der Waals surface area (Å²) in [6, 6.07) is 46.7. The van der Waals surface area contributed by atoms with Crippen molar-refractivity contribution in [3.05, 3.63) is 133 Å². The van der Waals surface area contributed by atoms with Crippen LogP contribution in [-0.2, 0) is 0 Å². The minimum absolute atomic E-state index is 0.562. The summed E-state index contributed by atoms with van der Waals surface area (Å²) in [4.78, 5) is 4.90. The quantitative estimate of drug-likeness (QED) is 0.215. The zero-order chi connectivity index (χ0) is 28.1. The van der Waals surface area contributed by atoms with Crippen LogP contribution in [0.15, 0.2) is 142 Å². The Hall–Kier alpha value is -5.87. The van der Waals surface area contributed by atoms with Crippen molar-refractivity contribution in [1.82, 2.24) is 9.55 Å². The Balaban J connectivity index is 1.37. The predicted octanol–water partition coefficient (Wildman–Crippen LogP) is 10.8. The van der Waals surface area contributed by atoms with E-state index in [-0.39, 0.29) is 0 Å². The van der Waals surface area contributed by atoms with Gasteiger partial charge in [-0.2, -0.15) is 0 Å². The van der Waals surface area contributed by atoms with Gasteiger partial charge in [0.1, 0.15) is 16.7 Å². The maximum atomic E-state index is 6.76. The van der Waals surface area contributed by atoms with Gasteiger partial charge in [-0.05, 0) is 70.1 Å². The third-order valence-electron chi connectivity index (χ3n) is 8.78. The smallest absolute Gasteiger partial charge is 0.231 e. The SMILES string of the molecule is c1ccc2cc3c(cc2c1)c1ccccc1n3-c1cccc2oc3c(-c4nc5ccccc5o4)c4ccccc4cc3c12. The molecule has 0 bridgehead atoms. The molecule has 0 spiro atoms. The van der Waals surface area contributed by atoms with Crippen molar-refractivity contribution in [3.63, 3.8) is 0 Å². The summed E-state index contributed by atoms with van der Waals surface area (Å²) >= 11 is 0. The van der Waals surface area contributed by atoms with Crippen LogP contribution in [0.25, 0.3) is 93.5 Å². The molecule has 4 heteroatoms. The molecule has 0 amide bonds. The molecule has 7 aromatic carbocycles. The van der Waals surface area contributed by atoms with Crippen molar-refractivity contribution in [3.8, 4) is 17.1 Å². The molecule has 200 valence electrons. The van der Waals surface area contributed by atoms with Crippen LogP contribution in [0, 0.1) is 0 Å². The largest absolute Gasteiger partial charge is 0.455 e. The van der Waals surface area contributed by atoms with Gasteiger partial charge in [0.25, 0.3) is 0 Å². The van der Waals surface area contributed by atoms with E-state index in [0.717, 1.165) is 60.6 Å². The molecule has 0 unspecified atom stereocenters. The van der Waals surface area contributed by atoms with Crippen LogP contribution in [0.5, 0.6) is 0 Å². The molecule has 10 aromatic rings. The third-order valence-corrected chi connectivity index (χ3v) is 8.78. The molecular formula is C39H22N2O2. The van der Waals surface area contributed by atoms with E-state index in [9.17, 15) is 0 Å². The molecule has 0 N–H and O–H groups in total. The van der Waals surface area contributed by atoms with Gasteiger partial charge in [0, 0.05) is 16.2 Å². The summed E-state index contributed by atoms with van der Waals surface area (Å²) in [5.74, 6) is 0.562. The van der Waals surface area contributed by atoms with Crippen molar-refractivity contribution in [2.75, 3.05) is 0 Å². The highest BCUT2D eigenvalue weighted by atomic mass is 16.4. The van der Waals surface area contributed by atoms with Crippen LogP contribution in [0.1, 0.15) is 0 Å². The number of para-hydroxylation sites is 3. The number of hydrogen-bond acceptors (Lipinski definition) is 3. The van der Waals surface area contributed by atoms with Gasteiger partial charge in [-0.25, -0.2) is 4.98 Å². The van der Waals surface area contributed by atoms with E-state index in [1.807, 2.05) is 24.3 Å². The summed E-state index contributed by atoms with van der Waals surface area (Å²) in [6.45, 7) is 0. The van der Waals surface area contributed by atoms with E-state index in [2.05, 4.69) is 114 Å². The second-order valence-electron chi connectivity index (χ2n) is 11.2. The monoisotopic (exact) mass is 550 g/mol. The highest BCUT2D eigenvalue weighted by Gasteiger charge is 2.23. The molecule has 3 heterocycles. The lowest BCUT2D eigenvalue weighted by Gasteiger charge is -2.10. The average molecular weight is 551 g/mol. The Morgan fingerprint density at radius 1 is 0.488 bits per heavy atom. The van der Waals surface area contributed by atoms with E-state index >= 15 is 0 Å². The standard InChI is InChI=1S/C39H22N2O2/c1-2-11-24-22-33-28(20-23(24)10-1)27-14-5-7-16-31(27)41(33)32-17-9-19-35-36(32)29-21-25-12-3-4-13-26(25)37(38(29)42-35)39-40-30-15-6-8-18-34(30)43-39/h1-22H. The van der Waals surface area contributed by atoms with Crippen LogP contribution >= 0.6 is 0 Å². The molecule has 0 fully saturated rings. The molecule has 0 aliphatic rings. The van der Waals surface area contributed by atoms with Crippen LogP contribution < -0.4 is 0 Å². The lowest BCUT2D eigenvalue weighted by molar-refractivity contribution is 0.616. The topological polar surface area (TPSA) is 44.1 Å². The first-order valence-electron chi connectivity index (χ1n) is 14.5. The first-order valence-corrected chi connectivity index (χ1v) is 14.5. The fourth-order valence-electron chi connectivity index (χ4n) is 6.90. The predicted molar refractivity (Wildman–Crippen MR) is 176 cm³/mol. The molecule has 43 heavy (non-hydrogen) atoms. The number of rotatable bonds is 2. The molecule has 0 saturated heterocycles. The summed E-state index contributed by atoms with van der Waals surface area (Å²) in [6.07, 6.45) is 0. The Morgan fingerprint density at radius 3 is 2.07 bits per heavy atom. The maximum Gasteiger partial charge on any atom is 0.231 e. The first-order chi connectivity index (χ1) is 21.3. The number of furan rings is 1. The zero-order valence-corrected chi connectivity index (χ0v) is 22.9. The normalized spacial score (nSPS) is 12.2. The zero-order valence-electron chi connectivity index (χ0n) is 22.9. The second-order valence-corrected chi connectivity index (χ2v) is 11.2. The lowest BCUT2D eigenvalue weighted by atomic mass is 9.99. The van der Waals surface area contributed by atoms with Gasteiger partial charge in [0.05, 0.1) is 27.7 Å². The molecule has 0 aliphatic heterocycles. The van der Waals surface area contributed by atoms with Crippen LogP contribution in [0.3, 0.4) is 0 Å². The van der Waals surface area contributed by atoms with E-state index in [1.165, 1.54) is 27.1 Å². The fraction of sp³-hybridized carbons (Fsp3) is 0. The van der Waals surface area contributed by atoms with Crippen molar-refractivity contribution < 1.29 is 8.83 Å². The van der Waals surface area contributed by atoms with E-state index in [4.69, 9.17) is 13.8 Å². The highest BCUT2D eigenvalue weighted by Crippen LogP contribution is 2.44. The minimum atomic E-state index is 0.562. The maximum absolute atomic E-state index is 6.76. The molecule has 0 radical (unpaired) electrons. The van der Waals surface area contributed by atoms with Crippen molar-refractivity contribution in [1.29, 1.82) is 0 Å². The van der Waals surface area contributed by atoms with Gasteiger partial charge in [-0.1, -0.05) is 84.9 Å². The molecule has 4 nitrogen and oxygen atoms in total. The minimum Gasteiger partial charge on any atom is -0.455 e. The molecule has 3 aromatic heterocycles. The Kier molecular flexibility index (Phi) is 4.42. The molecular weight excluding hydrogens is 528 g/mol. The first kappa shape index (κ1) is 22.8. The number of aromatic nitrogens is 2. The number of hydrogen-bond donors (Lipinski definition) is 0. The van der Waals surface area contributed by atoms with Gasteiger partial charge in [-0.15, -0.1) is 0 Å². The van der Waals surface area contributed by atoms with E-state index < -0.39 is 0 Å². The Morgan fingerprint density at radius 2 is 1.19 bits per heavy atom. The molecule has 0 saturated carbocycles. The summed E-state index contributed by atoms with van der Waals surface area (Å²) < 4.78 is 15.5. The van der Waals surface area contributed by atoms with Crippen molar-refractivity contribution in [2.45, 2.75) is 0 Å². The fourth-order valence-corrected chi connectivity index (χ4v) is 6.90. The average Bonchev–Trinajstić information content (AvgIpc) is 3.74. The van der Waals surface area contributed by atoms with Gasteiger partial charge in [0.15, 0.2) is 5.58 Å². The Bertz CT molecular complexity index is 2710. The summed E-state index contributed by atoms with van der Waals surface area (Å²) in [7, 11) is 0. The third kappa shape index (κ3) is 3.12. The number of fused-ring (bicyclic) bond motifs is 9. The molecule has 0 aliphatic carbocycles. The number of benzene rings is 7. The van der Waals surface area contributed by atoms with Gasteiger partial charge in [0.2, 0.25) is 5.89 Å². The van der Waals surface area contributed by atoms with Gasteiger partial charge >= 0.3 is 0 Å². The van der Waals surface area contributed by atoms with Crippen LogP contribution in [0.2, 0.25) is 0 Å². The lowest BCUT2D eigenvalue weighted by Crippen LogP contribution is -1.94. The Labute approximate surface area is 245 Å². The second kappa shape index (κ2) is 8.34. The van der Waals surface area contributed by atoms with Gasteiger partial charge < -0.3 is 13.4 Å². The molecule has 0 atom stereocenters. The van der Waals surface area contributed by atoms with E-state index in [1.54, 1.807) is 0 Å². The van der Waals surface area contributed by atoms with E-state index in [0.29, 0.717) is 5.89 Å². The highest BCUT2D eigenvalue weighted by molar-refractivity contribution is 6.21. The number of nitrogens with zero attached hydrogens (tertiary/aromatic N) is 2. The van der Waals surface area contributed by atoms with Crippen molar-refractivity contribution in [2.24, 2.45) is 0 Å². The summed E-state index contributed by atoms with van der Waals surface area (Å²) in [5, 5.41) is 9.17. The van der Waals surface area contributed by atoms with Crippen LogP contribution in [-0.4, -0.2) is 9.55 Å². The van der Waals surface area contributed by atoms with Gasteiger partial charge in [-0.3, -0.25) is 0 Å². The molecule has 10 rings (SSSR count). The van der Waals surface area contributed by atoms with Crippen molar-refractivity contribution >= 4 is 76.4 Å². The van der Waals surface area contributed by atoms with Crippen LogP contribution in [0.4, 0.5) is 0 Å². The summed E-state index contributed by atoms with van der Waals surface area (Å²) in [5.41, 5.74) is 7.47. The number of oxazole rings is 1.